The predicted molar refractivity (Wildman–Crippen MR) is 78.8 cm³/mol. The Labute approximate surface area is 115 Å². The molecule has 3 nitrogen and oxygen atoms in total. The SMILES string of the molecule is CCCCCCCCCCCc1c(OC)c(=O)c1=O. The van der Waals surface area contributed by atoms with Crippen molar-refractivity contribution in [1.82, 2.24) is 0 Å². The topological polar surface area (TPSA) is 43.4 Å². The van der Waals surface area contributed by atoms with Crippen LogP contribution in [0, 0.1) is 0 Å². The van der Waals surface area contributed by atoms with E-state index in [4.69, 9.17) is 4.74 Å². The van der Waals surface area contributed by atoms with E-state index in [1.54, 1.807) is 0 Å². The molecule has 0 N–H and O–H groups in total. The fourth-order valence-electron chi connectivity index (χ4n) is 2.47. The van der Waals surface area contributed by atoms with Crippen molar-refractivity contribution in [2.45, 2.75) is 71.1 Å². The maximum Gasteiger partial charge on any atom is 0.268 e. The lowest BCUT2D eigenvalue weighted by molar-refractivity contribution is 0.397. The van der Waals surface area contributed by atoms with Gasteiger partial charge in [-0.05, 0) is 12.8 Å². The minimum atomic E-state index is -0.451. The van der Waals surface area contributed by atoms with Gasteiger partial charge < -0.3 is 4.74 Å². The fourth-order valence-corrected chi connectivity index (χ4v) is 2.47. The van der Waals surface area contributed by atoms with Crippen molar-refractivity contribution in [2.75, 3.05) is 7.11 Å². The molecule has 0 saturated heterocycles. The molecule has 1 rings (SSSR count). The summed E-state index contributed by atoms with van der Waals surface area (Å²) < 4.78 is 4.92. The minimum Gasteiger partial charge on any atom is -0.492 e. The molecule has 108 valence electrons. The molecule has 0 atom stereocenters. The van der Waals surface area contributed by atoms with Crippen molar-refractivity contribution in [3.63, 3.8) is 0 Å². The number of methoxy groups -OCH3 is 1. The molecule has 0 aliphatic heterocycles. The van der Waals surface area contributed by atoms with Gasteiger partial charge in [-0.15, -0.1) is 0 Å². The molecular formula is C16H26O3. The molecule has 0 spiro atoms. The first kappa shape index (κ1) is 15.9. The molecule has 1 aromatic carbocycles. The number of rotatable bonds is 11. The summed E-state index contributed by atoms with van der Waals surface area (Å²) in [5.41, 5.74) is -0.180. The highest BCUT2D eigenvalue weighted by atomic mass is 16.5. The highest BCUT2D eigenvalue weighted by Gasteiger charge is 2.20. The van der Waals surface area contributed by atoms with Gasteiger partial charge in [0.15, 0.2) is 5.75 Å². The Morgan fingerprint density at radius 2 is 1.32 bits per heavy atom. The molecule has 0 fully saturated rings. The molecule has 0 radical (unpaired) electrons. The van der Waals surface area contributed by atoms with Crippen LogP contribution in [0.5, 0.6) is 5.75 Å². The first-order chi connectivity index (χ1) is 9.22. The van der Waals surface area contributed by atoms with Crippen LogP contribution in [-0.4, -0.2) is 7.11 Å². The van der Waals surface area contributed by atoms with Gasteiger partial charge in [-0.3, -0.25) is 9.59 Å². The second kappa shape index (κ2) is 8.89. The zero-order valence-electron chi connectivity index (χ0n) is 12.3. The number of hydrogen-bond acceptors (Lipinski definition) is 3. The van der Waals surface area contributed by atoms with E-state index in [1.807, 2.05) is 0 Å². The van der Waals surface area contributed by atoms with Crippen LogP contribution in [0.2, 0.25) is 0 Å². The van der Waals surface area contributed by atoms with Crippen molar-refractivity contribution in [2.24, 2.45) is 0 Å². The lowest BCUT2D eigenvalue weighted by Gasteiger charge is -2.08. The van der Waals surface area contributed by atoms with Gasteiger partial charge >= 0.3 is 0 Å². The van der Waals surface area contributed by atoms with E-state index < -0.39 is 5.43 Å². The Morgan fingerprint density at radius 1 is 0.789 bits per heavy atom. The van der Waals surface area contributed by atoms with Crippen molar-refractivity contribution >= 4 is 0 Å². The van der Waals surface area contributed by atoms with Crippen molar-refractivity contribution in [3.8, 4) is 5.75 Å². The molecule has 19 heavy (non-hydrogen) atoms. The summed E-state index contributed by atoms with van der Waals surface area (Å²) in [6.07, 6.45) is 12.0. The molecule has 3 heteroatoms. The summed E-state index contributed by atoms with van der Waals surface area (Å²) in [5.74, 6) is 0.296. The Hall–Kier alpha value is -1.12. The maximum atomic E-state index is 11.3. The second-order valence-electron chi connectivity index (χ2n) is 5.25. The largest absolute Gasteiger partial charge is 0.492 e. The summed E-state index contributed by atoms with van der Waals surface area (Å²) in [7, 11) is 1.45. The lowest BCUT2D eigenvalue weighted by Crippen LogP contribution is -2.36. The monoisotopic (exact) mass is 266 g/mol. The molecule has 0 amide bonds. The van der Waals surface area contributed by atoms with Gasteiger partial charge in [-0.1, -0.05) is 58.3 Å². The van der Waals surface area contributed by atoms with Crippen LogP contribution in [0.3, 0.4) is 0 Å². The van der Waals surface area contributed by atoms with E-state index in [0.717, 1.165) is 12.8 Å². The standard InChI is InChI=1S/C16H26O3/c1-3-4-5-6-7-8-9-10-11-12-13-14(17)15(18)16(13)19-2/h3-12H2,1-2H3. The summed E-state index contributed by atoms with van der Waals surface area (Å²) in [5, 5.41) is 0. The van der Waals surface area contributed by atoms with Gasteiger partial charge in [0.2, 0.25) is 5.43 Å². The quantitative estimate of drug-likeness (QED) is 0.455. The first-order valence-corrected chi connectivity index (χ1v) is 7.58. The van der Waals surface area contributed by atoms with Gasteiger partial charge in [-0.25, -0.2) is 0 Å². The third kappa shape index (κ3) is 4.81. The third-order valence-corrected chi connectivity index (χ3v) is 3.70. The molecule has 0 aromatic heterocycles. The van der Waals surface area contributed by atoms with E-state index in [1.165, 1.54) is 52.1 Å². The van der Waals surface area contributed by atoms with Crippen molar-refractivity contribution in [1.29, 1.82) is 0 Å². The normalized spacial score (nSPS) is 11.1. The summed E-state index contributed by atoms with van der Waals surface area (Å²) >= 11 is 0. The zero-order valence-corrected chi connectivity index (χ0v) is 12.3. The van der Waals surface area contributed by atoms with E-state index >= 15 is 0 Å². The Balaban J connectivity index is 2.04. The zero-order chi connectivity index (χ0) is 14.1. The van der Waals surface area contributed by atoms with Crippen LogP contribution in [0.15, 0.2) is 9.59 Å². The smallest absolute Gasteiger partial charge is 0.268 e. The van der Waals surface area contributed by atoms with E-state index in [9.17, 15) is 9.59 Å². The molecule has 0 heterocycles. The van der Waals surface area contributed by atoms with Gasteiger partial charge in [0.25, 0.3) is 5.43 Å². The summed E-state index contributed by atoms with van der Waals surface area (Å²) in [6.45, 7) is 2.23. The van der Waals surface area contributed by atoms with Crippen LogP contribution in [0.1, 0.15) is 70.3 Å². The van der Waals surface area contributed by atoms with Gasteiger partial charge in [0.05, 0.1) is 7.11 Å². The number of hydrogen-bond donors (Lipinski definition) is 0. The van der Waals surface area contributed by atoms with E-state index in [2.05, 4.69) is 6.92 Å². The van der Waals surface area contributed by atoms with Crippen molar-refractivity contribution < 1.29 is 4.74 Å². The average molecular weight is 266 g/mol. The molecule has 1 aromatic rings. The molecule has 0 unspecified atom stereocenters. The molecule has 0 bridgehead atoms. The molecule has 0 aliphatic rings. The highest BCUT2D eigenvalue weighted by Crippen LogP contribution is 2.15. The minimum absolute atomic E-state index is 0.296. The van der Waals surface area contributed by atoms with Crippen LogP contribution in [-0.2, 0) is 6.42 Å². The fraction of sp³-hybridized carbons (Fsp3) is 0.750. The van der Waals surface area contributed by atoms with Gasteiger partial charge in [0, 0.05) is 5.56 Å². The van der Waals surface area contributed by atoms with Crippen molar-refractivity contribution in [3.05, 3.63) is 26.0 Å². The summed E-state index contributed by atoms with van der Waals surface area (Å²) in [6, 6.07) is 0. The lowest BCUT2D eigenvalue weighted by atomic mass is 10.0. The average Bonchev–Trinajstić information content (AvgIpc) is 2.43. The van der Waals surface area contributed by atoms with Crippen LogP contribution in [0.4, 0.5) is 0 Å². The molecular weight excluding hydrogens is 240 g/mol. The number of unbranched alkanes of at least 4 members (excludes halogenated alkanes) is 8. The molecule has 0 saturated carbocycles. The third-order valence-electron chi connectivity index (χ3n) is 3.70. The van der Waals surface area contributed by atoms with Crippen LogP contribution in [0.25, 0.3) is 0 Å². The predicted octanol–water partition coefficient (Wildman–Crippen LogP) is 3.36. The Kier molecular flexibility index (Phi) is 7.46. The van der Waals surface area contributed by atoms with Crippen LogP contribution < -0.4 is 15.6 Å². The maximum absolute atomic E-state index is 11.3. The van der Waals surface area contributed by atoms with E-state index in [0.29, 0.717) is 17.7 Å². The number of ether oxygens (including phenoxy) is 1. The second-order valence-corrected chi connectivity index (χ2v) is 5.25. The Bertz CT molecular complexity index is 427. The summed E-state index contributed by atoms with van der Waals surface area (Å²) in [4.78, 5) is 22.4. The van der Waals surface area contributed by atoms with Gasteiger partial charge in [0.1, 0.15) is 0 Å². The molecule has 0 aliphatic carbocycles. The Morgan fingerprint density at radius 3 is 1.84 bits per heavy atom. The first-order valence-electron chi connectivity index (χ1n) is 7.58. The van der Waals surface area contributed by atoms with E-state index in [-0.39, 0.29) is 5.43 Å². The van der Waals surface area contributed by atoms with Crippen LogP contribution >= 0.6 is 0 Å². The van der Waals surface area contributed by atoms with Gasteiger partial charge in [-0.2, -0.15) is 0 Å². The highest BCUT2D eigenvalue weighted by molar-refractivity contribution is 5.39.